The van der Waals surface area contributed by atoms with Gasteiger partial charge in [0.25, 0.3) is 0 Å². The molecule has 2 aromatic rings. The molecule has 0 spiro atoms. The molecule has 19 heavy (non-hydrogen) atoms. The van der Waals surface area contributed by atoms with Crippen molar-refractivity contribution in [2.75, 3.05) is 19.0 Å². The topological polar surface area (TPSA) is 33.1 Å². The summed E-state index contributed by atoms with van der Waals surface area (Å²) in [7, 11) is 6.11. The molecular weight excluding hydrogens is 256 g/mol. The zero-order chi connectivity index (χ0) is 14.0. The summed E-state index contributed by atoms with van der Waals surface area (Å²) in [4.78, 5) is 3.49. The Morgan fingerprint density at radius 2 is 2.21 bits per heavy atom. The number of nitrogens with one attached hydrogen (secondary N) is 1. The monoisotopic (exact) mass is 278 g/mol. The van der Waals surface area contributed by atoms with Gasteiger partial charge in [-0.05, 0) is 25.3 Å². The molecule has 0 unspecified atom stereocenters. The average molecular weight is 278 g/mol. The highest BCUT2D eigenvalue weighted by atomic mass is 32.1. The first-order chi connectivity index (χ1) is 9.00. The fourth-order valence-electron chi connectivity index (χ4n) is 2.35. The van der Waals surface area contributed by atoms with E-state index in [0.29, 0.717) is 6.04 Å². The van der Waals surface area contributed by atoms with E-state index in [1.54, 1.807) is 11.3 Å². The molecule has 104 valence electrons. The van der Waals surface area contributed by atoms with E-state index in [1.807, 2.05) is 11.7 Å². The Labute approximate surface area is 119 Å². The van der Waals surface area contributed by atoms with Crippen molar-refractivity contribution in [2.45, 2.75) is 26.4 Å². The van der Waals surface area contributed by atoms with Crippen molar-refractivity contribution < 1.29 is 0 Å². The maximum atomic E-state index is 4.51. The second-order valence-electron chi connectivity index (χ2n) is 5.02. The van der Waals surface area contributed by atoms with E-state index in [2.05, 4.69) is 60.8 Å². The highest BCUT2D eigenvalue weighted by molar-refractivity contribution is 7.10. The lowest BCUT2D eigenvalue weighted by Gasteiger charge is -2.17. The molecule has 0 aliphatic rings. The standard InChI is InChI=1S/C14H22N4S/c1-10-12(14(17(3)4)18(5)16-10)9-15-11(2)13-7-6-8-19-13/h6-8,11,15H,9H2,1-5H3/t11-/m0/s1. The van der Waals surface area contributed by atoms with Crippen LogP contribution < -0.4 is 10.2 Å². The predicted molar refractivity (Wildman–Crippen MR) is 81.8 cm³/mol. The number of aromatic nitrogens is 2. The number of thiophene rings is 1. The van der Waals surface area contributed by atoms with Gasteiger partial charge in [0, 0.05) is 44.2 Å². The lowest BCUT2D eigenvalue weighted by Crippen LogP contribution is -2.20. The molecule has 2 rings (SSSR count). The normalized spacial score (nSPS) is 12.7. The van der Waals surface area contributed by atoms with Crippen LogP contribution in [0.15, 0.2) is 17.5 Å². The second-order valence-corrected chi connectivity index (χ2v) is 6.00. The highest BCUT2D eigenvalue weighted by Gasteiger charge is 2.16. The smallest absolute Gasteiger partial charge is 0.130 e. The number of anilines is 1. The highest BCUT2D eigenvalue weighted by Crippen LogP contribution is 2.23. The lowest BCUT2D eigenvalue weighted by molar-refractivity contribution is 0.581. The minimum absolute atomic E-state index is 0.370. The summed E-state index contributed by atoms with van der Waals surface area (Å²) < 4.78 is 1.95. The zero-order valence-corrected chi connectivity index (χ0v) is 13.1. The molecular formula is C14H22N4S. The van der Waals surface area contributed by atoms with Crippen LogP contribution in [0.5, 0.6) is 0 Å². The molecule has 0 aromatic carbocycles. The molecule has 1 atom stereocenters. The van der Waals surface area contributed by atoms with Crippen LogP contribution in [0.4, 0.5) is 5.82 Å². The Bertz CT molecular complexity index is 528. The summed E-state index contributed by atoms with van der Waals surface area (Å²) in [5.41, 5.74) is 2.37. The minimum atomic E-state index is 0.370. The summed E-state index contributed by atoms with van der Waals surface area (Å²) in [6.07, 6.45) is 0. The largest absolute Gasteiger partial charge is 0.363 e. The van der Waals surface area contributed by atoms with Crippen molar-refractivity contribution in [3.63, 3.8) is 0 Å². The molecule has 0 saturated heterocycles. The van der Waals surface area contributed by atoms with Crippen LogP contribution >= 0.6 is 11.3 Å². The average Bonchev–Trinajstić information content (AvgIpc) is 2.94. The molecule has 0 aliphatic carbocycles. The van der Waals surface area contributed by atoms with Crippen molar-refractivity contribution in [1.82, 2.24) is 15.1 Å². The number of hydrogen-bond donors (Lipinski definition) is 1. The number of nitrogens with zero attached hydrogens (tertiary/aromatic N) is 3. The first-order valence-electron chi connectivity index (χ1n) is 6.47. The van der Waals surface area contributed by atoms with Crippen LogP contribution in [-0.4, -0.2) is 23.9 Å². The molecule has 0 bridgehead atoms. The van der Waals surface area contributed by atoms with Crippen LogP contribution in [0.3, 0.4) is 0 Å². The van der Waals surface area contributed by atoms with Crippen LogP contribution in [0, 0.1) is 6.92 Å². The van der Waals surface area contributed by atoms with E-state index in [1.165, 1.54) is 16.3 Å². The van der Waals surface area contributed by atoms with E-state index in [9.17, 15) is 0 Å². The zero-order valence-electron chi connectivity index (χ0n) is 12.3. The van der Waals surface area contributed by atoms with Gasteiger partial charge in [-0.2, -0.15) is 5.10 Å². The summed E-state index contributed by atoms with van der Waals surface area (Å²) in [6.45, 7) is 5.11. The Balaban J connectivity index is 2.11. The van der Waals surface area contributed by atoms with Crippen LogP contribution in [0.25, 0.3) is 0 Å². The van der Waals surface area contributed by atoms with Gasteiger partial charge in [-0.1, -0.05) is 6.07 Å². The number of aryl methyl sites for hydroxylation is 2. The van der Waals surface area contributed by atoms with Gasteiger partial charge >= 0.3 is 0 Å². The Hall–Kier alpha value is -1.33. The van der Waals surface area contributed by atoms with Gasteiger partial charge < -0.3 is 10.2 Å². The third-order valence-corrected chi connectivity index (χ3v) is 4.35. The van der Waals surface area contributed by atoms with E-state index < -0.39 is 0 Å². The molecule has 1 N–H and O–H groups in total. The van der Waals surface area contributed by atoms with Gasteiger partial charge in [-0.15, -0.1) is 11.3 Å². The summed E-state index contributed by atoms with van der Waals surface area (Å²) >= 11 is 1.79. The second kappa shape index (κ2) is 5.75. The molecule has 4 nitrogen and oxygen atoms in total. The number of hydrogen-bond acceptors (Lipinski definition) is 4. The van der Waals surface area contributed by atoms with Gasteiger partial charge in [0.1, 0.15) is 5.82 Å². The van der Waals surface area contributed by atoms with Gasteiger partial charge in [0.15, 0.2) is 0 Å². The maximum absolute atomic E-state index is 4.51. The van der Waals surface area contributed by atoms with Crippen molar-refractivity contribution in [1.29, 1.82) is 0 Å². The van der Waals surface area contributed by atoms with Crippen LogP contribution in [-0.2, 0) is 13.6 Å². The molecule has 0 amide bonds. The van der Waals surface area contributed by atoms with Crippen molar-refractivity contribution in [3.05, 3.63) is 33.6 Å². The van der Waals surface area contributed by atoms with Crippen molar-refractivity contribution >= 4 is 17.2 Å². The van der Waals surface area contributed by atoms with E-state index in [-0.39, 0.29) is 0 Å². The molecule has 0 saturated carbocycles. The van der Waals surface area contributed by atoms with Gasteiger partial charge in [0.05, 0.1) is 5.69 Å². The maximum Gasteiger partial charge on any atom is 0.130 e. The lowest BCUT2D eigenvalue weighted by atomic mass is 10.2. The Morgan fingerprint density at radius 1 is 1.47 bits per heavy atom. The summed E-state index contributed by atoms with van der Waals surface area (Å²) in [5, 5.41) is 10.2. The molecule has 0 fully saturated rings. The van der Waals surface area contributed by atoms with E-state index in [4.69, 9.17) is 0 Å². The van der Waals surface area contributed by atoms with Crippen molar-refractivity contribution in [3.8, 4) is 0 Å². The van der Waals surface area contributed by atoms with Crippen LogP contribution in [0.1, 0.15) is 29.1 Å². The predicted octanol–water partition coefficient (Wildman–Crippen LogP) is 2.71. The molecule has 2 aromatic heterocycles. The van der Waals surface area contributed by atoms with Gasteiger partial charge in [0.2, 0.25) is 0 Å². The third-order valence-electron chi connectivity index (χ3n) is 3.29. The van der Waals surface area contributed by atoms with E-state index in [0.717, 1.165) is 12.2 Å². The van der Waals surface area contributed by atoms with E-state index >= 15 is 0 Å². The SMILES string of the molecule is Cc1nn(C)c(N(C)C)c1CN[C@@H](C)c1cccs1. The quantitative estimate of drug-likeness (QED) is 0.913. The molecule has 0 radical (unpaired) electrons. The Kier molecular flexibility index (Phi) is 4.27. The van der Waals surface area contributed by atoms with Crippen molar-refractivity contribution in [2.24, 2.45) is 7.05 Å². The fourth-order valence-corrected chi connectivity index (χ4v) is 3.11. The Morgan fingerprint density at radius 3 is 2.79 bits per heavy atom. The molecule has 0 aliphatic heterocycles. The first-order valence-corrected chi connectivity index (χ1v) is 7.35. The molecule has 5 heteroatoms. The molecule has 2 heterocycles. The third kappa shape index (κ3) is 2.98. The number of rotatable bonds is 5. The fraction of sp³-hybridized carbons (Fsp3) is 0.500. The van der Waals surface area contributed by atoms with Gasteiger partial charge in [-0.25, -0.2) is 0 Å². The van der Waals surface area contributed by atoms with Gasteiger partial charge in [-0.3, -0.25) is 4.68 Å². The summed E-state index contributed by atoms with van der Waals surface area (Å²) in [6, 6.07) is 4.64. The first kappa shape index (κ1) is 14.1. The van der Waals surface area contributed by atoms with Crippen LogP contribution in [0.2, 0.25) is 0 Å². The minimum Gasteiger partial charge on any atom is -0.363 e. The summed E-state index contributed by atoms with van der Waals surface area (Å²) in [5.74, 6) is 1.17.